The van der Waals surface area contributed by atoms with Crippen molar-refractivity contribution in [3.05, 3.63) is 42.1 Å². The average Bonchev–Trinajstić information content (AvgIpc) is 2.37. The molecule has 2 unspecified atom stereocenters. The summed E-state index contributed by atoms with van der Waals surface area (Å²) in [5, 5.41) is 9.35. The van der Waals surface area contributed by atoms with Gasteiger partial charge in [-0.1, -0.05) is 19.1 Å². The van der Waals surface area contributed by atoms with Gasteiger partial charge in [-0.2, -0.15) is 0 Å². The predicted octanol–water partition coefficient (Wildman–Crippen LogP) is 2.35. The number of carboxylic acid groups (broad SMARTS) is 1. The van der Waals surface area contributed by atoms with Crippen LogP contribution in [0.2, 0.25) is 0 Å². The molecule has 0 bridgehead atoms. The van der Waals surface area contributed by atoms with Gasteiger partial charge in [0.15, 0.2) is 0 Å². The molecule has 2 aromatic rings. The SMILES string of the molecule is CC(CC(=O)O)S(=O)Cc1ccc2ncccc2c1. The van der Waals surface area contributed by atoms with Crippen molar-refractivity contribution in [3.63, 3.8) is 0 Å². The molecule has 0 aliphatic heterocycles. The van der Waals surface area contributed by atoms with Gasteiger partial charge in [0.1, 0.15) is 0 Å². The standard InChI is InChI=1S/C14H15NO3S/c1-10(7-14(16)17)19(18)9-11-4-5-13-12(8-11)3-2-6-15-13/h2-6,8,10H,7,9H2,1H3,(H,16,17). The number of rotatable bonds is 5. The molecule has 5 heteroatoms. The number of hydrogen-bond donors (Lipinski definition) is 1. The summed E-state index contributed by atoms with van der Waals surface area (Å²) in [6.45, 7) is 1.70. The van der Waals surface area contributed by atoms with E-state index in [9.17, 15) is 9.00 Å². The topological polar surface area (TPSA) is 67.3 Å². The molecule has 2 rings (SSSR count). The number of aromatic nitrogens is 1. The Kier molecular flexibility index (Phi) is 4.27. The van der Waals surface area contributed by atoms with E-state index in [0.29, 0.717) is 5.75 Å². The highest BCUT2D eigenvalue weighted by atomic mass is 32.2. The van der Waals surface area contributed by atoms with Crippen LogP contribution in [0.4, 0.5) is 0 Å². The minimum absolute atomic E-state index is 0.0677. The number of fused-ring (bicyclic) bond motifs is 1. The van der Waals surface area contributed by atoms with Gasteiger partial charge in [-0.05, 0) is 23.8 Å². The van der Waals surface area contributed by atoms with Gasteiger partial charge in [-0.25, -0.2) is 0 Å². The number of carboxylic acids is 1. The smallest absolute Gasteiger partial charge is 0.304 e. The van der Waals surface area contributed by atoms with Crippen LogP contribution in [0, 0.1) is 0 Å². The number of aliphatic carboxylic acids is 1. The summed E-state index contributed by atoms with van der Waals surface area (Å²) in [6, 6.07) is 9.55. The quantitative estimate of drug-likeness (QED) is 0.911. The van der Waals surface area contributed by atoms with E-state index in [1.807, 2.05) is 30.3 Å². The number of carbonyl (C=O) groups is 1. The minimum Gasteiger partial charge on any atom is -0.481 e. The van der Waals surface area contributed by atoms with Gasteiger partial charge >= 0.3 is 5.97 Å². The summed E-state index contributed by atoms with van der Waals surface area (Å²) in [5.74, 6) is -0.539. The van der Waals surface area contributed by atoms with Gasteiger partial charge in [0.05, 0.1) is 11.9 Å². The second kappa shape index (κ2) is 5.93. The number of hydrogen-bond acceptors (Lipinski definition) is 3. The van der Waals surface area contributed by atoms with Crippen molar-refractivity contribution < 1.29 is 14.1 Å². The average molecular weight is 277 g/mol. The Morgan fingerprint density at radius 2 is 2.21 bits per heavy atom. The molecule has 0 fully saturated rings. The Balaban J connectivity index is 2.12. The van der Waals surface area contributed by atoms with Crippen LogP contribution in [0.5, 0.6) is 0 Å². The summed E-state index contributed by atoms with van der Waals surface area (Å²) in [6.07, 6.45) is 1.66. The van der Waals surface area contributed by atoms with Gasteiger partial charge in [-0.15, -0.1) is 0 Å². The molecule has 1 heterocycles. The third kappa shape index (κ3) is 3.61. The molecule has 1 aromatic carbocycles. The highest BCUT2D eigenvalue weighted by molar-refractivity contribution is 7.84. The molecular weight excluding hydrogens is 262 g/mol. The van der Waals surface area contributed by atoms with E-state index in [1.165, 1.54) is 0 Å². The van der Waals surface area contributed by atoms with Crippen molar-refractivity contribution in [3.8, 4) is 0 Å². The van der Waals surface area contributed by atoms with Crippen LogP contribution in [-0.2, 0) is 21.3 Å². The lowest BCUT2D eigenvalue weighted by atomic mass is 10.1. The van der Waals surface area contributed by atoms with Crippen molar-refractivity contribution in [2.45, 2.75) is 24.3 Å². The Bertz CT molecular complexity index is 627. The van der Waals surface area contributed by atoms with E-state index in [0.717, 1.165) is 16.5 Å². The van der Waals surface area contributed by atoms with Gasteiger partial charge < -0.3 is 5.11 Å². The van der Waals surface area contributed by atoms with Crippen molar-refractivity contribution in [1.29, 1.82) is 0 Å². The van der Waals surface area contributed by atoms with E-state index in [-0.39, 0.29) is 11.7 Å². The third-order valence-corrected chi connectivity index (χ3v) is 4.57. The Morgan fingerprint density at radius 3 is 2.95 bits per heavy atom. The molecule has 4 nitrogen and oxygen atoms in total. The highest BCUT2D eigenvalue weighted by Crippen LogP contribution is 2.16. The van der Waals surface area contributed by atoms with Crippen LogP contribution < -0.4 is 0 Å². The fraction of sp³-hybridized carbons (Fsp3) is 0.286. The first kappa shape index (κ1) is 13.7. The number of nitrogens with zero attached hydrogens (tertiary/aromatic N) is 1. The lowest BCUT2D eigenvalue weighted by Gasteiger charge is -2.09. The van der Waals surface area contributed by atoms with Crippen molar-refractivity contribution in [2.24, 2.45) is 0 Å². The first-order valence-electron chi connectivity index (χ1n) is 5.99. The fourth-order valence-corrected chi connectivity index (χ4v) is 2.98. The van der Waals surface area contributed by atoms with Crippen LogP contribution in [-0.4, -0.2) is 25.5 Å². The normalized spacial score (nSPS) is 14.2. The molecule has 0 radical (unpaired) electrons. The van der Waals surface area contributed by atoms with Crippen molar-refractivity contribution in [1.82, 2.24) is 4.98 Å². The summed E-state index contributed by atoms with van der Waals surface area (Å²) >= 11 is 0. The van der Waals surface area contributed by atoms with Crippen LogP contribution in [0.15, 0.2) is 36.5 Å². The zero-order chi connectivity index (χ0) is 13.8. The van der Waals surface area contributed by atoms with E-state index in [4.69, 9.17) is 5.11 Å². The van der Waals surface area contributed by atoms with Gasteiger partial charge in [0.25, 0.3) is 0 Å². The Labute approximate surface area is 113 Å². The maximum Gasteiger partial charge on any atom is 0.304 e. The van der Waals surface area contributed by atoms with E-state index < -0.39 is 16.8 Å². The number of benzene rings is 1. The first-order chi connectivity index (χ1) is 9.06. The molecule has 0 aliphatic rings. The number of pyridine rings is 1. The lowest BCUT2D eigenvalue weighted by molar-refractivity contribution is -0.136. The molecule has 0 saturated heterocycles. The molecule has 100 valence electrons. The lowest BCUT2D eigenvalue weighted by Crippen LogP contribution is -2.17. The zero-order valence-corrected chi connectivity index (χ0v) is 11.4. The maximum absolute atomic E-state index is 12.0. The third-order valence-electron chi connectivity index (χ3n) is 2.89. The molecule has 2 atom stereocenters. The molecule has 0 spiro atoms. The van der Waals surface area contributed by atoms with Crippen molar-refractivity contribution in [2.75, 3.05) is 0 Å². The molecule has 0 amide bonds. The minimum atomic E-state index is -1.18. The second-order valence-electron chi connectivity index (χ2n) is 4.46. The summed E-state index contributed by atoms with van der Waals surface area (Å²) in [4.78, 5) is 14.8. The molecule has 0 saturated carbocycles. The zero-order valence-electron chi connectivity index (χ0n) is 10.6. The van der Waals surface area contributed by atoms with Crippen LogP contribution in [0.3, 0.4) is 0 Å². The summed E-state index contributed by atoms with van der Waals surface area (Å²) in [5.41, 5.74) is 1.84. The van der Waals surface area contributed by atoms with Gasteiger partial charge in [0.2, 0.25) is 0 Å². The van der Waals surface area contributed by atoms with Crippen LogP contribution in [0.25, 0.3) is 10.9 Å². The monoisotopic (exact) mass is 277 g/mol. The highest BCUT2D eigenvalue weighted by Gasteiger charge is 2.15. The Morgan fingerprint density at radius 1 is 1.42 bits per heavy atom. The fourth-order valence-electron chi connectivity index (χ4n) is 1.86. The van der Waals surface area contributed by atoms with E-state index in [2.05, 4.69) is 4.98 Å². The maximum atomic E-state index is 12.0. The van der Waals surface area contributed by atoms with Crippen LogP contribution >= 0.6 is 0 Å². The summed E-state index contributed by atoms with van der Waals surface area (Å²) < 4.78 is 12.0. The molecule has 0 aliphatic carbocycles. The second-order valence-corrected chi connectivity index (χ2v) is 6.32. The first-order valence-corrected chi connectivity index (χ1v) is 7.37. The predicted molar refractivity (Wildman–Crippen MR) is 75.3 cm³/mol. The summed E-state index contributed by atoms with van der Waals surface area (Å²) in [7, 11) is -1.18. The van der Waals surface area contributed by atoms with Gasteiger partial charge in [0, 0.05) is 33.4 Å². The molecule has 1 N–H and O–H groups in total. The van der Waals surface area contributed by atoms with Crippen LogP contribution in [0.1, 0.15) is 18.9 Å². The van der Waals surface area contributed by atoms with Crippen molar-refractivity contribution >= 4 is 27.7 Å². The largest absolute Gasteiger partial charge is 0.481 e. The molecular formula is C14H15NO3S. The van der Waals surface area contributed by atoms with E-state index >= 15 is 0 Å². The Hall–Kier alpha value is -1.75. The molecule has 1 aromatic heterocycles. The van der Waals surface area contributed by atoms with E-state index in [1.54, 1.807) is 13.1 Å². The molecule has 19 heavy (non-hydrogen) atoms. The van der Waals surface area contributed by atoms with Gasteiger partial charge in [-0.3, -0.25) is 14.0 Å².